The standard InChI is InChI=1S/C24H22N2O4/c1-24(2)13-21-23(22(27)14-24)19(15-4-8-17(9-5-15)26(28)29)12-20(25-21)16-6-10-18(30-3)11-7-16/h4-12H,13-14H2,1-3H3. The number of benzene rings is 2. The number of nitro groups is 1. The molecule has 0 fully saturated rings. The van der Waals surface area contributed by atoms with Crippen LogP contribution in [0.2, 0.25) is 0 Å². The molecule has 6 nitrogen and oxygen atoms in total. The lowest BCUT2D eigenvalue weighted by Crippen LogP contribution is -2.28. The van der Waals surface area contributed by atoms with Crippen LogP contribution in [0.25, 0.3) is 22.4 Å². The highest BCUT2D eigenvalue weighted by molar-refractivity contribution is 6.05. The molecule has 0 atom stereocenters. The van der Waals surface area contributed by atoms with Gasteiger partial charge in [-0.3, -0.25) is 19.9 Å². The number of aromatic nitrogens is 1. The first kappa shape index (κ1) is 19.8. The first-order valence-corrected chi connectivity index (χ1v) is 9.74. The fourth-order valence-electron chi connectivity index (χ4n) is 3.98. The summed E-state index contributed by atoms with van der Waals surface area (Å²) in [6, 6.07) is 15.8. The summed E-state index contributed by atoms with van der Waals surface area (Å²) in [6.45, 7) is 4.14. The molecule has 0 N–H and O–H groups in total. The maximum atomic E-state index is 13.0. The molecule has 1 aromatic heterocycles. The average molecular weight is 402 g/mol. The van der Waals surface area contributed by atoms with Gasteiger partial charge in [0.05, 0.1) is 23.4 Å². The number of nitro benzene ring substituents is 1. The Hall–Kier alpha value is -3.54. The van der Waals surface area contributed by atoms with Gasteiger partial charge in [0.2, 0.25) is 0 Å². The van der Waals surface area contributed by atoms with E-state index < -0.39 is 4.92 Å². The van der Waals surface area contributed by atoms with Gasteiger partial charge in [0, 0.05) is 29.7 Å². The third-order valence-corrected chi connectivity index (χ3v) is 5.43. The van der Waals surface area contributed by atoms with Crippen molar-refractivity contribution in [3.8, 4) is 28.1 Å². The maximum Gasteiger partial charge on any atom is 0.269 e. The SMILES string of the molecule is COc1ccc(-c2cc(-c3ccc([N+](=O)[O-])cc3)c3c(n2)CC(C)(C)CC3=O)cc1. The second kappa shape index (κ2) is 7.37. The lowest BCUT2D eigenvalue weighted by molar-refractivity contribution is -0.384. The maximum absolute atomic E-state index is 13.0. The van der Waals surface area contributed by atoms with Crippen molar-refractivity contribution in [1.29, 1.82) is 0 Å². The molecule has 0 amide bonds. The van der Waals surface area contributed by atoms with Gasteiger partial charge in [0.15, 0.2) is 5.78 Å². The van der Waals surface area contributed by atoms with E-state index in [9.17, 15) is 14.9 Å². The van der Waals surface area contributed by atoms with E-state index in [1.54, 1.807) is 19.2 Å². The monoisotopic (exact) mass is 402 g/mol. The van der Waals surface area contributed by atoms with Gasteiger partial charge in [-0.2, -0.15) is 0 Å². The van der Waals surface area contributed by atoms with Crippen LogP contribution in [-0.2, 0) is 6.42 Å². The number of nitrogens with zero attached hydrogens (tertiary/aromatic N) is 2. The highest BCUT2D eigenvalue weighted by atomic mass is 16.6. The van der Waals surface area contributed by atoms with Crippen molar-refractivity contribution in [2.45, 2.75) is 26.7 Å². The zero-order valence-electron chi connectivity index (χ0n) is 17.1. The molecular weight excluding hydrogens is 380 g/mol. The zero-order valence-corrected chi connectivity index (χ0v) is 17.1. The molecule has 1 heterocycles. The van der Waals surface area contributed by atoms with Crippen molar-refractivity contribution >= 4 is 11.5 Å². The van der Waals surface area contributed by atoms with Gasteiger partial charge in [0.1, 0.15) is 5.75 Å². The first-order chi connectivity index (χ1) is 14.3. The fraction of sp³-hybridized carbons (Fsp3) is 0.250. The number of carbonyl (C=O) groups excluding carboxylic acids is 1. The highest BCUT2D eigenvalue weighted by Crippen LogP contribution is 2.40. The van der Waals surface area contributed by atoms with Crippen LogP contribution in [0.1, 0.15) is 36.3 Å². The van der Waals surface area contributed by atoms with Crippen molar-refractivity contribution in [1.82, 2.24) is 4.98 Å². The van der Waals surface area contributed by atoms with Gasteiger partial charge in [0.25, 0.3) is 5.69 Å². The van der Waals surface area contributed by atoms with E-state index in [-0.39, 0.29) is 16.9 Å². The van der Waals surface area contributed by atoms with Gasteiger partial charge >= 0.3 is 0 Å². The number of pyridine rings is 1. The van der Waals surface area contributed by atoms with Crippen LogP contribution in [0.5, 0.6) is 5.75 Å². The third-order valence-electron chi connectivity index (χ3n) is 5.43. The van der Waals surface area contributed by atoms with Crippen LogP contribution in [0, 0.1) is 15.5 Å². The molecule has 0 saturated heterocycles. The number of hydrogen-bond acceptors (Lipinski definition) is 5. The number of methoxy groups -OCH3 is 1. The predicted octanol–water partition coefficient (Wildman–Crippen LogP) is 5.49. The Morgan fingerprint density at radius 1 is 1.00 bits per heavy atom. The fourth-order valence-corrected chi connectivity index (χ4v) is 3.98. The molecule has 0 spiro atoms. The highest BCUT2D eigenvalue weighted by Gasteiger charge is 2.34. The van der Waals surface area contributed by atoms with Crippen LogP contribution in [0.4, 0.5) is 5.69 Å². The zero-order chi connectivity index (χ0) is 21.5. The molecule has 0 bridgehead atoms. The van der Waals surface area contributed by atoms with E-state index in [2.05, 4.69) is 13.8 Å². The average Bonchev–Trinajstić information content (AvgIpc) is 2.72. The Bertz CT molecular complexity index is 1130. The summed E-state index contributed by atoms with van der Waals surface area (Å²) < 4.78 is 5.24. The van der Waals surface area contributed by atoms with E-state index in [1.807, 2.05) is 30.3 Å². The summed E-state index contributed by atoms with van der Waals surface area (Å²) in [6.07, 6.45) is 1.14. The number of fused-ring (bicyclic) bond motifs is 1. The molecular formula is C24H22N2O4. The number of rotatable bonds is 4. The van der Waals surface area contributed by atoms with Crippen molar-refractivity contribution < 1.29 is 14.5 Å². The normalized spacial score (nSPS) is 14.8. The number of ether oxygens (including phenoxy) is 1. The van der Waals surface area contributed by atoms with Gasteiger partial charge in [-0.05, 0) is 65.4 Å². The molecule has 2 aromatic carbocycles. The minimum Gasteiger partial charge on any atom is -0.497 e. The second-order valence-corrected chi connectivity index (χ2v) is 8.35. The topological polar surface area (TPSA) is 82.3 Å². The molecule has 3 aromatic rings. The van der Waals surface area contributed by atoms with E-state index in [0.717, 1.165) is 33.8 Å². The Balaban J connectivity index is 1.90. The minimum absolute atomic E-state index is 0.0181. The molecule has 30 heavy (non-hydrogen) atoms. The van der Waals surface area contributed by atoms with Crippen molar-refractivity contribution in [2.75, 3.05) is 7.11 Å². The Kier molecular flexibility index (Phi) is 4.86. The quantitative estimate of drug-likeness (QED) is 0.426. The third kappa shape index (κ3) is 3.68. The molecule has 4 rings (SSSR count). The number of ketones is 1. The summed E-state index contributed by atoms with van der Waals surface area (Å²) in [4.78, 5) is 28.5. The summed E-state index contributed by atoms with van der Waals surface area (Å²) in [5.74, 6) is 0.812. The van der Waals surface area contributed by atoms with Crippen LogP contribution >= 0.6 is 0 Å². The van der Waals surface area contributed by atoms with Crippen LogP contribution < -0.4 is 4.74 Å². The molecule has 0 radical (unpaired) electrons. The van der Waals surface area contributed by atoms with Crippen molar-refractivity contribution in [2.24, 2.45) is 5.41 Å². The van der Waals surface area contributed by atoms with Gasteiger partial charge < -0.3 is 4.74 Å². The summed E-state index contributed by atoms with van der Waals surface area (Å²) >= 11 is 0. The van der Waals surface area contributed by atoms with Crippen LogP contribution in [-0.4, -0.2) is 22.8 Å². The lowest BCUT2D eigenvalue weighted by Gasteiger charge is -2.31. The van der Waals surface area contributed by atoms with E-state index in [4.69, 9.17) is 9.72 Å². The molecule has 1 aliphatic carbocycles. The van der Waals surface area contributed by atoms with Gasteiger partial charge in [-0.1, -0.05) is 13.8 Å². The van der Waals surface area contributed by atoms with E-state index >= 15 is 0 Å². The number of hydrogen-bond donors (Lipinski definition) is 0. The number of Topliss-reactive ketones (excluding diaryl/α,β-unsaturated/α-hetero) is 1. The Labute approximate surface area is 174 Å². The second-order valence-electron chi connectivity index (χ2n) is 8.35. The van der Waals surface area contributed by atoms with E-state index in [1.165, 1.54) is 12.1 Å². The van der Waals surface area contributed by atoms with Gasteiger partial charge in [-0.25, -0.2) is 0 Å². The van der Waals surface area contributed by atoms with Crippen molar-refractivity contribution in [3.63, 3.8) is 0 Å². The smallest absolute Gasteiger partial charge is 0.269 e. The molecule has 6 heteroatoms. The molecule has 0 saturated carbocycles. The summed E-state index contributed by atoms with van der Waals surface area (Å²) in [5.41, 5.74) is 4.46. The predicted molar refractivity (Wildman–Crippen MR) is 115 cm³/mol. The molecule has 152 valence electrons. The lowest BCUT2D eigenvalue weighted by atomic mass is 9.74. The minimum atomic E-state index is -0.428. The van der Waals surface area contributed by atoms with E-state index in [0.29, 0.717) is 18.4 Å². The molecule has 0 aliphatic heterocycles. The van der Waals surface area contributed by atoms with Crippen LogP contribution in [0.3, 0.4) is 0 Å². The van der Waals surface area contributed by atoms with Crippen LogP contribution in [0.15, 0.2) is 54.6 Å². The number of carbonyl (C=O) groups is 1. The molecule has 1 aliphatic rings. The summed E-state index contributed by atoms with van der Waals surface area (Å²) in [7, 11) is 1.62. The van der Waals surface area contributed by atoms with Crippen molar-refractivity contribution in [3.05, 3.63) is 76.0 Å². The first-order valence-electron chi connectivity index (χ1n) is 9.74. The summed E-state index contributed by atoms with van der Waals surface area (Å²) in [5, 5.41) is 11.0. The Morgan fingerprint density at radius 3 is 2.23 bits per heavy atom. The van der Waals surface area contributed by atoms with Gasteiger partial charge in [-0.15, -0.1) is 0 Å². The molecule has 0 unspecified atom stereocenters. The number of non-ortho nitro benzene ring substituents is 1. The largest absolute Gasteiger partial charge is 0.497 e. The Morgan fingerprint density at radius 2 is 1.63 bits per heavy atom.